The van der Waals surface area contributed by atoms with Crippen molar-refractivity contribution in [2.75, 3.05) is 26.2 Å². The number of aliphatic imine (C=N–C) groups is 2. The molecule has 1 unspecified atom stereocenters. The summed E-state index contributed by atoms with van der Waals surface area (Å²) < 4.78 is 2.15. The van der Waals surface area contributed by atoms with Crippen LogP contribution in [0.2, 0.25) is 5.02 Å². The fourth-order valence-electron chi connectivity index (χ4n) is 5.41. The maximum absolute atomic E-state index is 9.04. The van der Waals surface area contributed by atoms with Crippen LogP contribution in [0.25, 0.3) is 5.57 Å². The Labute approximate surface area is 254 Å². The lowest BCUT2D eigenvalue weighted by Crippen LogP contribution is -2.52. The van der Waals surface area contributed by atoms with Gasteiger partial charge < -0.3 is 15.2 Å². The first-order valence-corrected chi connectivity index (χ1v) is 14.8. The molecule has 5 rings (SSSR count). The normalized spacial score (nSPS) is 17.7. The summed E-state index contributed by atoms with van der Waals surface area (Å²) in [6.07, 6.45) is 7.96. The number of nitriles is 1. The molecule has 1 saturated heterocycles. The van der Waals surface area contributed by atoms with E-state index in [0.29, 0.717) is 23.1 Å². The third-order valence-corrected chi connectivity index (χ3v) is 7.72. The fourth-order valence-corrected chi connectivity index (χ4v) is 5.58. The van der Waals surface area contributed by atoms with Crippen LogP contribution in [-0.4, -0.2) is 57.7 Å². The van der Waals surface area contributed by atoms with Crippen molar-refractivity contribution in [3.8, 4) is 6.07 Å². The van der Waals surface area contributed by atoms with Crippen LogP contribution < -0.4 is 5.73 Å². The summed E-state index contributed by atoms with van der Waals surface area (Å²) in [5, 5.41) is 9.75. The molecule has 2 heterocycles. The molecule has 0 amide bonds. The van der Waals surface area contributed by atoms with Gasteiger partial charge in [0.1, 0.15) is 5.82 Å². The molecule has 9 heteroatoms. The number of guanidine groups is 1. The van der Waals surface area contributed by atoms with Gasteiger partial charge in [0.15, 0.2) is 5.96 Å². The van der Waals surface area contributed by atoms with Gasteiger partial charge >= 0.3 is 0 Å². The van der Waals surface area contributed by atoms with Crippen LogP contribution in [0.5, 0.6) is 0 Å². The quantitative estimate of drug-likeness (QED) is 0.273. The first-order valence-electron chi connectivity index (χ1n) is 14.4. The van der Waals surface area contributed by atoms with Crippen molar-refractivity contribution < 1.29 is 0 Å². The lowest BCUT2D eigenvalue weighted by Gasteiger charge is -2.40. The van der Waals surface area contributed by atoms with E-state index in [2.05, 4.69) is 55.5 Å². The van der Waals surface area contributed by atoms with E-state index in [1.165, 1.54) is 11.1 Å². The smallest absolute Gasteiger partial charge is 0.196 e. The highest BCUT2D eigenvalue weighted by molar-refractivity contribution is 6.30. The van der Waals surface area contributed by atoms with E-state index in [4.69, 9.17) is 27.6 Å². The van der Waals surface area contributed by atoms with Crippen LogP contribution in [0.4, 0.5) is 5.69 Å². The first-order chi connectivity index (χ1) is 20.4. The summed E-state index contributed by atoms with van der Waals surface area (Å²) in [5.74, 6) is 1.45. The average Bonchev–Trinajstić information content (AvgIpc) is 3.38. The Balaban J connectivity index is 0.00000198. The standard InChI is InChI=1S/C31H33ClN8.C2H6/c1-4-35-29-21(2)17-24(20-40-12-11-36-22(40)3)28-18-25(32)7-10-27(28)30(29)38-13-15-39(16-14-38)31(34)37-26-8-5-23(19-33)6-9-26;1-2/h4-12,17-18,30H,13-16,20H2,1-3H3,(H2,34,37);1-2H3. The van der Waals surface area contributed by atoms with E-state index in [1.54, 1.807) is 12.1 Å². The highest BCUT2D eigenvalue weighted by atomic mass is 35.5. The van der Waals surface area contributed by atoms with Crippen molar-refractivity contribution in [1.29, 1.82) is 5.26 Å². The maximum atomic E-state index is 9.04. The zero-order valence-corrected chi connectivity index (χ0v) is 25.8. The van der Waals surface area contributed by atoms with E-state index in [1.807, 2.05) is 64.5 Å². The summed E-state index contributed by atoms with van der Waals surface area (Å²) >= 11 is 6.56. The van der Waals surface area contributed by atoms with Crippen LogP contribution in [0.1, 0.15) is 56.3 Å². The van der Waals surface area contributed by atoms with Crippen molar-refractivity contribution in [2.24, 2.45) is 15.7 Å². The van der Waals surface area contributed by atoms with Crippen molar-refractivity contribution in [2.45, 2.75) is 47.2 Å². The van der Waals surface area contributed by atoms with Crippen LogP contribution in [0.3, 0.4) is 0 Å². The summed E-state index contributed by atoms with van der Waals surface area (Å²) in [6, 6.07) is 15.4. The molecule has 1 aromatic heterocycles. The van der Waals surface area contributed by atoms with Crippen LogP contribution >= 0.6 is 11.6 Å². The number of rotatable bonds is 5. The first kappa shape index (κ1) is 30.8. The van der Waals surface area contributed by atoms with Gasteiger partial charge in [-0.25, -0.2) is 9.98 Å². The van der Waals surface area contributed by atoms with Crippen molar-refractivity contribution >= 4 is 35.0 Å². The molecule has 2 aliphatic rings. The fraction of sp³-hybridized carbons (Fsp3) is 0.333. The van der Waals surface area contributed by atoms with Crippen molar-refractivity contribution in [1.82, 2.24) is 19.4 Å². The molecule has 1 fully saturated rings. The molecule has 1 atom stereocenters. The predicted octanol–water partition coefficient (Wildman–Crippen LogP) is 6.51. The minimum Gasteiger partial charge on any atom is -0.369 e. The van der Waals surface area contributed by atoms with E-state index in [9.17, 15) is 0 Å². The molecular formula is C33H39ClN8. The molecule has 2 N–H and O–H groups in total. The zero-order valence-electron chi connectivity index (χ0n) is 25.0. The number of aromatic nitrogens is 2. The average molecular weight is 583 g/mol. The summed E-state index contributed by atoms with van der Waals surface area (Å²) in [7, 11) is 0. The lowest BCUT2D eigenvalue weighted by atomic mass is 9.93. The Bertz CT molecular complexity index is 1550. The minimum atomic E-state index is -0.0278. The number of imidazole rings is 1. The van der Waals surface area contributed by atoms with Gasteiger partial charge in [-0.05, 0) is 79.4 Å². The number of nitrogens with zero attached hydrogens (tertiary/aromatic N) is 7. The van der Waals surface area contributed by atoms with Gasteiger partial charge in [-0.3, -0.25) is 9.89 Å². The number of allylic oxidation sites excluding steroid dienone is 3. The molecule has 0 radical (unpaired) electrons. The summed E-state index contributed by atoms with van der Waals surface area (Å²) in [4.78, 5) is 18.5. The molecule has 0 saturated carbocycles. The molecule has 1 aliphatic carbocycles. The van der Waals surface area contributed by atoms with E-state index in [0.717, 1.165) is 54.5 Å². The number of benzene rings is 2. The number of hydrogen-bond donors (Lipinski definition) is 1. The molecule has 2 aromatic carbocycles. The molecule has 218 valence electrons. The van der Waals surface area contributed by atoms with E-state index < -0.39 is 0 Å². The predicted molar refractivity (Wildman–Crippen MR) is 173 cm³/mol. The Kier molecular flexibility index (Phi) is 10.3. The highest BCUT2D eigenvalue weighted by Crippen LogP contribution is 2.41. The Morgan fingerprint density at radius 1 is 1.12 bits per heavy atom. The molecule has 1 aliphatic heterocycles. The van der Waals surface area contributed by atoms with Gasteiger partial charge in [0.25, 0.3) is 0 Å². The number of fused-ring (bicyclic) bond motifs is 1. The molecule has 8 nitrogen and oxygen atoms in total. The summed E-state index contributed by atoms with van der Waals surface area (Å²) in [5.41, 5.74) is 13.4. The van der Waals surface area contributed by atoms with Gasteiger partial charge in [-0.15, -0.1) is 0 Å². The van der Waals surface area contributed by atoms with Gasteiger partial charge in [0.2, 0.25) is 0 Å². The number of nitrogens with two attached hydrogens (primary N) is 1. The topological polar surface area (TPSA) is 98.8 Å². The highest BCUT2D eigenvalue weighted by Gasteiger charge is 2.33. The third kappa shape index (κ3) is 6.81. The van der Waals surface area contributed by atoms with Gasteiger partial charge in [0, 0.05) is 56.4 Å². The van der Waals surface area contributed by atoms with Gasteiger partial charge in [-0.1, -0.05) is 37.6 Å². The molecule has 0 bridgehead atoms. The maximum Gasteiger partial charge on any atom is 0.196 e. The largest absolute Gasteiger partial charge is 0.369 e. The SMILES string of the molecule is CC.CC=NC1=C(C)C=C(Cn2ccnc2C)c2cc(Cl)ccc2C1N1CCN(C(N)=Nc2ccc(C#N)cc2)CC1. The van der Waals surface area contributed by atoms with E-state index in [-0.39, 0.29) is 6.04 Å². The van der Waals surface area contributed by atoms with E-state index >= 15 is 0 Å². The second-order valence-electron chi connectivity index (χ2n) is 10.0. The monoisotopic (exact) mass is 582 g/mol. The number of hydrogen-bond acceptors (Lipinski definition) is 5. The molecule has 3 aromatic rings. The lowest BCUT2D eigenvalue weighted by molar-refractivity contribution is 0.146. The minimum absolute atomic E-state index is 0.0278. The van der Waals surface area contributed by atoms with Gasteiger partial charge in [-0.2, -0.15) is 5.26 Å². The van der Waals surface area contributed by atoms with Crippen molar-refractivity contribution in [3.63, 3.8) is 0 Å². The number of piperazine rings is 1. The van der Waals surface area contributed by atoms with Crippen LogP contribution in [0, 0.1) is 18.3 Å². The van der Waals surface area contributed by atoms with Crippen LogP contribution in [-0.2, 0) is 6.54 Å². The van der Waals surface area contributed by atoms with Gasteiger partial charge in [0.05, 0.1) is 29.1 Å². The van der Waals surface area contributed by atoms with Crippen LogP contribution in [0.15, 0.2) is 82.2 Å². The Morgan fingerprint density at radius 2 is 1.83 bits per heavy atom. The summed E-state index contributed by atoms with van der Waals surface area (Å²) in [6.45, 7) is 13.9. The molecule has 42 heavy (non-hydrogen) atoms. The Morgan fingerprint density at radius 3 is 2.45 bits per heavy atom. The molecule has 0 spiro atoms. The third-order valence-electron chi connectivity index (χ3n) is 7.49. The second-order valence-corrected chi connectivity index (χ2v) is 10.4. The zero-order chi connectivity index (χ0) is 30.2. The number of halogens is 1. The van der Waals surface area contributed by atoms with Crippen molar-refractivity contribution in [3.05, 3.63) is 99.7 Å². The Hall–Kier alpha value is -4.19. The molecular weight excluding hydrogens is 544 g/mol. The number of aryl methyl sites for hydroxylation is 1. The second kappa shape index (κ2) is 14.1.